The van der Waals surface area contributed by atoms with Gasteiger partial charge in [-0.05, 0) is 37.5 Å². The molecular formula is C11H16N4O. The summed E-state index contributed by atoms with van der Waals surface area (Å²) in [6, 6.07) is 3.75. The van der Waals surface area contributed by atoms with E-state index in [-0.39, 0.29) is 5.84 Å². The fraction of sp³-hybridized carbons (Fsp3) is 0.455. The maximum absolute atomic E-state index is 8.56. The first-order chi connectivity index (χ1) is 7.63. The zero-order chi connectivity index (χ0) is 11.6. The minimum atomic E-state index is 0.0412. The van der Waals surface area contributed by atoms with Gasteiger partial charge in [-0.2, -0.15) is 0 Å². The Hall–Kier alpha value is -1.62. The van der Waals surface area contributed by atoms with E-state index in [1.54, 1.807) is 6.20 Å². The zero-order valence-corrected chi connectivity index (χ0v) is 9.27. The lowest BCUT2D eigenvalue weighted by Gasteiger charge is -2.11. The molecule has 0 amide bonds. The first-order valence-corrected chi connectivity index (χ1v) is 5.31. The fourth-order valence-electron chi connectivity index (χ4n) is 1.46. The van der Waals surface area contributed by atoms with E-state index < -0.39 is 0 Å². The van der Waals surface area contributed by atoms with E-state index in [0.29, 0.717) is 11.2 Å². The fourth-order valence-corrected chi connectivity index (χ4v) is 1.46. The molecule has 0 aliphatic heterocycles. The number of nitrogens with zero attached hydrogens (tertiary/aromatic N) is 2. The van der Waals surface area contributed by atoms with Crippen LogP contribution in [0.1, 0.15) is 31.0 Å². The molecule has 1 aromatic heterocycles. The van der Waals surface area contributed by atoms with Crippen molar-refractivity contribution in [3.8, 4) is 0 Å². The topological polar surface area (TPSA) is 83.5 Å². The Bertz CT molecular complexity index is 412. The lowest BCUT2D eigenvalue weighted by atomic mass is 10.2. The lowest BCUT2D eigenvalue weighted by Crippen LogP contribution is -2.27. The van der Waals surface area contributed by atoms with Crippen molar-refractivity contribution < 1.29 is 5.21 Å². The van der Waals surface area contributed by atoms with E-state index in [1.165, 1.54) is 12.8 Å². The lowest BCUT2D eigenvalue weighted by molar-refractivity contribution is 0.318. The van der Waals surface area contributed by atoms with Crippen molar-refractivity contribution >= 4 is 5.84 Å². The Morgan fingerprint density at radius 2 is 2.44 bits per heavy atom. The number of hydrogen-bond donors (Lipinski definition) is 3. The van der Waals surface area contributed by atoms with Gasteiger partial charge in [0.2, 0.25) is 0 Å². The van der Waals surface area contributed by atoms with Gasteiger partial charge in [-0.25, -0.2) is 0 Å². The van der Waals surface area contributed by atoms with Crippen LogP contribution in [0.2, 0.25) is 0 Å². The highest BCUT2D eigenvalue weighted by atomic mass is 16.4. The van der Waals surface area contributed by atoms with Crippen molar-refractivity contribution in [1.82, 2.24) is 10.3 Å². The van der Waals surface area contributed by atoms with Crippen LogP contribution < -0.4 is 11.1 Å². The Labute approximate surface area is 94.4 Å². The average Bonchev–Trinajstić information content (AvgIpc) is 3.05. The summed E-state index contributed by atoms with van der Waals surface area (Å²) < 4.78 is 0. The molecule has 0 radical (unpaired) electrons. The first-order valence-electron chi connectivity index (χ1n) is 5.31. The summed E-state index contributed by atoms with van der Waals surface area (Å²) in [6.07, 6.45) is 4.12. The highest BCUT2D eigenvalue weighted by Crippen LogP contribution is 2.34. The standard InChI is InChI=1S/C11H16N4O/c1-11(3-4-11)14-7-8-2-5-13-9(6-8)10(12)15-16/h2,5-6,14,16H,3-4,7H2,1H3,(H2,12,15). The van der Waals surface area contributed by atoms with Crippen LogP contribution in [-0.2, 0) is 6.54 Å². The number of amidine groups is 1. The third kappa shape index (κ3) is 2.49. The van der Waals surface area contributed by atoms with Crippen molar-refractivity contribution in [2.45, 2.75) is 31.8 Å². The summed E-state index contributed by atoms with van der Waals surface area (Å²) in [5, 5.41) is 15.0. The molecule has 0 aromatic carbocycles. The second kappa shape index (κ2) is 4.09. The molecule has 1 aliphatic rings. The minimum Gasteiger partial charge on any atom is -0.409 e. The number of hydrogen-bond acceptors (Lipinski definition) is 4. The van der Waals surface area contributed by atoms with Crippen molar-refractivity contribution in [2.75, 3.05) is 0 Å². The van der Waals surface area contributed by atoms with Gasteiger partial charge in [-0.15, -0.1) is 0 Å². The van der Waals surface area contributed by atoms with Crippen LogP contribution in [0.5, 0.6) is 0 Å². The van der Waals surface area contributed by atoms with Crippen molar-refractivity contribution in [3.63, 3.8) is 0 Å². The molecular weight excluding hydrogens is 204 g/mol. The van der Waals surface area contributed by atoms with Crippen LogP contribution in [-0.4, -0.2) is 21.6 Å². The molecule has 0 unspecified atom stereocenters. The van der Waals surface area contributed by atoms with Gasteiger partial charge < -0.3 is 16.3 Å². The normalized spacial score (nSPS) is 18.4. The molecule has 0 spiro atoms. The van der Waals surface area contributed by atoms with Gasteiger partial charge in [-0.3, -0.25) is 4.98 Å². The van der Waals surface area contributed by atoms with Crippen LogP contribution in [0.4, 0.5) is 0 Å². The molecule has 1 heterocycles. The van der Waals surface area contributed by atoms with Crippen LogP contribution in [0.3, 0.4) is 0 Å². The molecule has 5 nitrogen and oxygen atoms in total. The van der Waals surface area contributed by atoms with Crippen molar-refractivity contribution in [1.29, 1.82) is 0 Å². The summed E-state index contributed by atoms with van der Waals surface area (Å²) in [5.74, 6) is 0.0412. The SMILES string of the molecule is CC1(NCc2ccnc(/C(N)=N/O)c2)CC1. The molecule has 0 bridgehead atoms. The number of pyridine rings is 1. The van der Waals surface area contributed by atoms with Crippen molar-refractivity contribution in [3.05, 3.63) is 29.6 Å². The van der Waals surface area contributed by atoms with E-state index in [1.807, 2.05) is 12.1 Å². The van der Waals surface area contributed by atoms with Crippen LogP contribution in [0.25, 0.3) is 0 Å². The quantitative estimate of drug-likeness (QED) is 0.303. The molecule has 86 valence electrons. The summed E-state index contributed by atoms with van der Waals surface area (Å²) in [6.45, 7) is 2.99. The Balaban J connectivity index is 2.04. The van der Waals surface area contributed by atoms with E-state index in [4.69, 9.17) is 10.9 Å². The third-order valence-corrected chi connectivity index (χ3v) is 2.91. The van der Waals surface area contributed by atoms with Gasteiger partial charge in [0.1, 0.15) is 5.69 Å². The highest BCUT2D eigenvalue weighted by molar-refractivity contribution is 5.95. The summed E-state index contributed by atoms with van der Waals surface area (Å²) >= 11 is 0. The molecule has 4 N–H and O–H groups in total. The summed E-state index contributed by atoms with van der Waals surface area (Å²) in [4.78, 5) is 4.03. The Kier molecular flexibility index (Phi) is 2.78. The predicted molar refractivity (Wildman–Crippen MR) is 61.2 cm³/mol. The number of rotatable bonds is 4. The monoisotopic (exact) mass is 220 g/mol. The van der Waals surface area contributed by atoms with E-state index in [2.05, 4.69) is 22.4 Å². The summed E-state index contributed by atoms with van der Waals surface area (Å²) in [5.41, 5.74) is 7.37. The molecule has 1 fully saturated rings. The molecule has 0 atom stereocenters. The van der Waals surface area contributed by atoms with E-state index in [0.717, 1.165) is 12.1 Å². The third-order valence-electron chi connectivity index (χ3n) is 2.91. The Morgan fingerprint density at radius 3 is 3.06 bits per heavy atom. The molecule has 1 aromatic rings. The smallest absolute Gasteiger partial charge is 0.188 e. The van der Waals surface area contributed by atoms with Gasteiger partial charge in [0.25, 0.3) is 0 Å². The molecule has 1 saturated carbocycles. The number of oxime groups is 1. The zero-order valence-electron chi connectivity index (χ0n) is 9.27. The number of nitrogens with two attached hydrogens (primary N) is 1. The van der Waals surface area contributed by atoms with Gasteiger partial charge in [0.15, 0.2) is 5.84 Å². The second-order valence-corrected chi connectivity index (χ2v) is 4.45. The molecule has 1 aliphatic carbocycles. The average molecular weight is 220 g/mol. The maximum Gasteiger partial charge on any atom is 0.188 e. The van der Waals surface area contributed by atoms with E-state index >= 15 is 0 Å². The molecule has 5 heteroatoms. The van der Waals surface area contributed by atoms with Gasteiger partial charge in [0, 0.05) is 18.3 Å². The second-order valence-electron chi connectivity index (χ2n) is 4.45. The predicted octanol–water partition coefficient (Wildman–Crippen LogP) is 0.818. The largest absolute Gasteiger partial charge is 0.409 e. The van der Waals surface area contributed by atoms with Gasteiger partial charge >= 0.3 is 0 Å². The molecule has 2 rings (SSSR count). The Morgan fingerprint density at radius 1 is 1.69 bits per heavy atom. The number of aromatic nitrogens is 1. The maximum atomic E-state index is 8.56. The van der Waals surface area contributed by atoms with Crippen LogP contribution in [0, 0.1) is 0 Å². The van der Waals surface area contributed by atoms with Crippen LogP contribution in [0.15, 0.2) is 23.5 Å². The summed E-state index contributed by atoms with van der Waals surface area (Å²) in [7, 11) is 0. The van der Waals surface area contributed by atoms with Crippen LogP contribution >= 0.6 is 0 Å². The first kappa shape index (κ1) is 10.9. The molecule has 16 heavy (non-hydrogen) atoms. The number of nitrogens with one attached hydrogen (secondary N) is 1. The van der Waals surface area contributed by atoms with Gasteiger partial charge in [-0.1, -0.05) is 5.16 Å². The minimum absolute atomic E-state index is 0.0412. The molecule has 0 saturated heterocycles. The van der Waals surface area contributed by atoms with Crippen molar-refractivity contribution in [2.24, 2.45) is 10.9 Å². The highest BCUT2D eigenvalue weighted by Gasteiger charge is 2.36. The van der Waals surface area contributed by atoms with E-state index in [9.17, 15) is 0 Å². The van der Waals surface area contributed by atoms with Gasteiger partial charge in [0.05, 0.1) is 0 Å².